The van der Waals surface area contributed by atoms with Crippen LogP contribution in [0.15, 0.2) is 109 Å². The Hall–Kier alpha value is -5.28. The summed E-state index contributed by atoms with van der Waals surface area (Å²) in [7, 11) is 5.25. The van der Waals surface area contributed by atoms with Crippen LogP contribution in [0.2, 0.25) is 0 Å². The molecule has 0 radical (unpaired) electrons. The number of rotatable bonds is 9. The molecular formula is C40H37F3N2O4. The molecule has 1 heterocycles. The quantitative estimate of drug-likeness (QED) is 0.170. The number of methoxy groups -OCH3 is 2. The summed E-state index contributed by atoms with van der Waals surface area (Å²) in [5, 5.41) is 2.95. The van der Waals surface area contributed by atoms with Gasteiger partial charge in [-0.2, -0.15) is 13.2 Å². The minimum atomic E-state index is -4.48. The number of ether oxygens (including phenoxy) is 3. The standard InChI is InChI=1S/C40H37F3N2O4/c1-45-20-18-32(19-21-45)49-34-15-16-35(36(25-34)27-6-4-8-30(22-27)40(41,42)43)26-10-13-31(14-11-26)44-39(46)29-12-17-38(48-3)37(24-29)28-7-5-9-33(23-28)47-2/h4-17,22-25,32H,18-21H2,1-3H3,(H,44,46). The molecule has 1 saturated heterocycles. The third kappa shape index (κ3) is 7.90. The van der Waals surface area contributed by atoms with E-state index < -0.39 is 11.7 Å². The molecule has 1 amide bonds. The second-order valence-electron chi connectivity index (χ2n) is 12.1. The Labute approximate surface area is 284 Å². The highest BCUT2D eigenvalue weighted by Gasteiger charge is 2.30. The number of nitrogens with zero attached hydrogens (tertiary/aromatic N) is 1. The van der Waals surface area contributed by atoms with Gasteiger partial charge in [0, 0.05) is 29.9 Å². The normalized spacial score (nSPS) is 13.9. The molecule has 0 unspecified atom stereocenters. The Morgan fingerprint density at radius 3 is 2.12 bits per heavy atom. The molecule has 9 heteroatoms. The molecule has 0 bridgehead atoms. The van der Waals surface area contributed by atoms with Gasteiger partial charge < -0.3 is 24.4 Å². The van der Waals surface area contributed by atoms with Crippen LogP contribution in [-0.2, 0) is 6.18 Å². The fourth-order valence-electron chi connectivity index (χ4n) is 6.05. The van der Waals surface area contributed by atoms with Crippen LogP contribution in [0.3, 0.4) is 0 Å². The topological polar surface area (TPSA) is 60.0 Å². The summed E-state index contributed by atoms with van der Waals surface area (Å²) in [5.41, 5.74) is 4.45. The SMILES string of the molecule is COc1cccc(-c2cc(C(=O)Nc3ccc(-c4ccc(OC5CCN(C)CC5)cc4-c4cccc(C(F)(F)F)c4)cc3)ccc2OC)c1. The zero-order chi connectivity index (χ0) is 34.5. The zero-order valence-corrected chi connectivity index (χ0v) is 27.5. The summed E-state index contributed by atoms with van der Waals surface area (Å²) in [5.74, 6) is 1.61. The van der Waals surface area contributed by atoms with E-state index >= 15 is 0 Å². The number of alkyl halides is 3. The molecule has 1 fully saturated rings. The first-order valence-corrected chi connectivity index (χ1v) is 16.0. The predicted octanol–water partition coefficient (Wildman–Crippen LogP) is 9.45. The molecule has 49 heavy (non-hydrogen) atoms. The predicted molar refractivity (Wildman–Crippen MR) is 186 cm³/mol. The first kappa shape index (κ1) is 33.6. The number of hydrogen-bond donors (Lipinski definition) is 1. The van der Waals surface area contributed by atoms with Crippen LogP contribution in [0.1, 0.15) is 28.8 Å². The van der Waals surface area contributed by atoms with Crippen molar-refractivity contribution in [2.24, 2.45) is 0 Å². The lowest BCUT2D eigenvalue weighted by Gasteiger charge is -2.29. The summed E-state index contributed by atoms with van der Waals surface area (Å²) in [6.07, 6.45) is -2.68. The lowest BCUT2D eigenvalue weighted by Crippen LogP contribution is -2.35. The molecule has 1 aliphatic rings. The Balaban J connectivity index is 1.27. The number of piperidine rings is 1. The van der Waals surface area contributed by atoms with Gasteiger partial charge in [-0.15, -0.1) is 0 Å². The Kier molecular flexibility index (Phi) is 9.92. The van der Waals surface area contributed by atoms with Crippen molar-refractivity contribution in [1.29, 1.82) is 0 Å². The van der Waals surface area contributed by atoms with Gasteiger partial charge in [0.2, 0.25) is 0 Å². The molecule has 1 N–H and O–H groups in total. The van der Waals surface area contributed by atoms with Gasteiger partial charge in [0.15, 0.2) is 0 Å². The minimum Gasteiger partial charge on any atom is -0.497 e. The second-order valence-corrected chi connectivity index (χ2v) is 12.1. The van der Waals surface area contributed by atoms with Gasteiger partial charge in [0.1, 0.15) is 23.4 Å². The maximum Gasteiger partial charge on any atom is 0.416 e. The molecular weight excluding hydrogens is 629 g/mol. The van der Waals surface area contributed by atoms with Gasteiger partial charge in [-0.1, -0.05) is 42.5 Å². The number of amides is 1. The van der Waals surface area contributed by atoms with Gasteiger partial charge in [-0.3, -0.25) is 4.79 Å². The number of carbonyl (C=O) groups excluding carboxylic acids is 1. The van der Waals surface area contributed by atoms with Crippen LogP contribution in [0.4, 0.5) is 18.9 Å². The number of carbonyl (C=O) groups is 1. The second kappa shape index (κ2) is 14.5. The van der Waals surface area contributed by atoms with Crippen molar-refractivity contribution in [2.45, 2.75) is 25.1 Å². The van der Waals surface area contributed by atoms with Crippen molar-refractivity contribution in [1.82, 2.24) is 4.90 Å². The zero-order valence-electron chi connectivity index (χ0n) is 27.5. The van der Waals surface area contributed by atoms with E-state index in [1.165, 1.54) is 12.1 Å². The molecule has 252 valence electrons. The van der Waals surface area contributed by atoms with E-state index in [1.54, 1.807) is 50.6 Å². The van der Waals surface area contributed by atoms with E-state index in [9.17, 15) is 18.0 Å². The third-order valence-corrected chi connectivity index (χ3v) is 8.76. The number of hydrogen-bond acceptors (Lipinski definition) is 5. The molecule has 0 saturated carbocycles. The monoisotopic (exact) mass is 666 g/mol. The Bertz CT molecular complexity index is 1930. The van der Waals surface area contributed by atoms with Crippen LogP contribution in [0.25, 0.3) is 33.4 Å². The van der Waals surface area contributed by atoms with Crippen LogP contribution < -0.4 is 19.5 Å². The van der Waals surface area contributed by atoms with Crippen molar-refractivity contribution < 1.29 is 32.2 Å². The number of likely N-dealkylation sites (tertiary alicyclic amines) is 1. The fourth-order valence-corrected chi connectivity index (χ4v) is 6.05. The van der Waals surface area contributed by atoms with Gasteiger partial charge in [-0.05, 0) is 114 Å². The van der Waals surface area contributed by atoms with Crippen molar-refractivity contribution >= 4 is 11.6 Å². The van der Waals surface area contributed by atoms with E-state index in [-0.39, 0.29) is 12.0 Å². The average Bonchev–Trinajstić information content (AvgIpc) is 3.12. The molecule has 5 aromatic rings. The van der Waals surface area contributed by atoms with E-state index in [0.717, 1.165) is 54.3 Å². The molecule has 6 nitrogen and oxygen atoms in total. The first-order valence-electron chi connectivity index (χ1n) is 16.0. The lowest BCUT2D eigenvalue weighted by atomic mass is 9.93. The molecule has 0 spiro atoms. The highest BCUT2D eigenvalue weighted by molar-refractivity contribution is 6.05. The van der Waals surface area contributed by atoms with Gasteiger partial charge in [0.25, 0.3) is 5.91 Å². The molecule has 6 rings (SSSR count). The number of anilines is 1. The van der Waals surface area contributed by atoms with Crippen molar-refractivity contribution in [2.75, 3.05) is 39.7 Å². The molecule has 1 aliphatic heterocycles. The molecule has 0 aromatic heterocycles. The summed E-state index contributed by atoms with van der Waals surface area (Å²) in [6, 6.07) is 30.9. The van der Waals surface area contributed by atoms with E-state index in [1.807, 2.05) is 54.6 Å². The number of halogens is 3. The van der Waals surface area contributed by atoms with Gasteiger partial charge in [0.05, 0.1) is 19.8 Å². The maximum atomic E-state index is 13.7. The highest BCUT2D eigenvalue weighted by atomic mass is 19.4. The van der Waals surface area contributed by atoms with Crippen LogP contribution in [0, 0.1) is 0 Å². The van der Waals surface area contributed by atoms with Crippen molar-refractivity contribution in [3.63, 3.8) is 0 Å². The molecule has 0 atom stereocenters. The van der Waals surface area contributed by atoms with Gasteiger partial charge >= 0.3 is 6.18 Å². The number of nitrogens with one attached hydrogen (secondary N) is 1. The van der Waals surface area contributed by atoms with E-state index in [0.29, 0.717) is 39.6 Å². The Morgan fingerprint density at radius 1 is 0.714 bits per heavy atom. The largest absolute Gasteiger partial charge is 0.497 e. The summed E-state index contributed by atoms with van der Waals surface area (Å²) >= 11 is 0. The first-order chi connectivity index (χ1) is 23.6. The smallest absolute Gasteiger partial charge is 0.416 e. The van der Waals surface area contributed by atoms with E-state index in [2.05, 4.69) is 17.3 Å². The third-order valence-electron chi connectivity index (χ3n) is 8.76. The minimum absolute atomic E-state index is 0.0385. The average molecular weight is 667 g/mol. The highest BCUT2D eigenvalue weighted by Crippen LogP contribution is 2.39. The molecule has 0 aliphatic carbocycles. The van der Waals surface area contributed by atoms with Crippen LogP contribution in [-0.4, -0.2) is 51.3 Å². The van der Waals surface area contributed by atoms with Crippen LogP contribution in [0.5, 0.6) is 17.2 Å². The lowest BCUT2D eigenvalue weighted by molar-refractivity contribution is -0.137. The fraction of sp³-hybridized carbons (Fsp3) is 0.225. The summed E-state index contributed by atoms with van der Waals surface area (Å²) in [4.78, 5) is 15.6. The summed E-state index contributed by atoms with van der Waals surface area (Å²) < 4.78 is 58.3. The Morgan fingerprint density at radius 2 is 1.43 bits per heavy atom. The number of benzene rings is 5. The van der Waals surface area contributed by atoms with E-state index in [4.69, 9.17) is 14.2 Å². The van der Waals surface area contributed by atoms with Crippen LogP contribution >= 0.6 is 0 Å². The summed E-state index contributed by atoms with van der Waals surface area (Å²) in [6.45, 7) is 1.85. The maximum absolute atomic E-state index is 13.7. The molecule has 5 aromatic carbocycles. The van der Waals surface area contributed by atoms with Gasteiger partial charge in [-0.25, -0.2) is 0 Å². The van der Waals surface area contributed by atoms with Crippen molar-refractivity contribution in [3.8, 4) is 50.6 Å². The van der Waals surface area contributed by atoms with Crippen molar-refractivity contribution in [3.05, 3.63) is 120 Å².